The lowest BCUT2D eigenvalue weighted by Crippen LogP contribution is -1.98. The Morgan fingerprint density at radius 1 is 0.759 bits per heavy atom. The van der Waals surface area contributed by atoms with Crippen LogP contribution in [0.15, 0.2) is 59.0 Å². The molecule has 0 saturated carbocycles. The zero-order chi connectivity index (χ0) is 20.7. The lowest BCUT2D eigenvalue weighted by atomic mass is 9.87. The summed E-state index contributed by atoms with van der Waals surface area (Å²) in [5.74, 6) is 1.77. The second kappa shape index (κ2) is 7.51. The van der Waals surface area contributed by atoms with Gasteiger partial charge in [0.15, 0.2) is 0 Å². The minimum Gasteiger partial charge on any atom is -0.438 e. The third-order valence-electron chi connectivity index (χ3n) is 5.52. The normalized spacial score (nSPS) is 11.7. The molecule has 0 aliphatic carbocycles. The molecule has 29 heavy (non-hydrogen) atoms. The minimum atomic E-state index is 0.427. The van der Waals surface area contributed by atoms with E-state index in [4.69, 9.17) is 9.40 Å². The Morgan fingerprint density at radius 3 is 1.97 bits per heavy atom. The first-order valence-electron chi connectivity index (χ1n) is 10.5. The molecular formula is C27H29NO. The summed E-state index contributed by atoms with van der Waals surface area (Å²) in [4.78, 5) is 4.86. The standard InChI is InChI=1S/C27H29NO/c1-16(2)22-8-7-9-23(17(3)4)26(22)25-15-20-10-11-24(28-27(20)29-25)21-13-18(5)12-19(6)14-21/h7-17H,1-6H3. The summed E-state index contributed by atoms with van der Waals surface area (Å²) in [6, 6.07) is 19.5. The number of furan rings is 1. The number of nitrogens with zero attached hydrogens (tertiary/aromatic N) is 1. The van der Waals surface area contributed by atoms with Gasteiger partial charge in [-0.05, 0) is 67.1 Å². The molecule has 0 aliphatic heterocycles. The van der Waals surface area contributed by atoms with Crippen LogP contribution >= 0.6 is 0 Å². The Labute approximate surface area is 173 Å². The van der Waals surface area contributed by atoms with Gasteiger partial charge in [-0.3, -0.25) is 0 Å². The Bertz CT molecular complexity index is 1130. The lowest BCUT2D eigenvalue weighted by Gasteiger charge is -2.17. The van der Waals surface area contributed by atoms with E-state index < -0.39 is 0 Å². The second-order valence-corrected chi connectivity index (χ2v) is 8.70. The van der Waals surface area contributed by atoms with E-state index in [2.05, 4.69) is 96.1 Å². The first-order chi connectivity index (χ1) is 13.8. The maximum atomic E-state index is 6.35. The Kier molecular flexibility index (Phi) is 5.04. The van der Waals surface area contributed by atoms with Gasteiger partial charge in [0.25, 0.3) is 0 Å². The Balaban J connectivity index is 1.88. The first kappa shape index (κ1) is 19.4. The van der Waals surface area contributed by atoms with E-state index in [0.29, 0.717) is 17.5 Å². The van der Waals surface area contributed by atoms with Crippen molar-refractivity contribution >= 4 is 11.1 Å². The average molecular weight is 384 g/mol. The predicted molar refractivity (Wildman–Crippen MR) is 123 cm³/mol. The fourth-order valence-corrected chi connectivity index (χ4v) is 4.16. The van der Waals surface area contributed by atoms with Crippen molar-refractivity contribution < 1.29 is 4.42 Å². The highest BCUT2D eigenvalue weighted by molar-refractivity contribution is 5.84. The van der Waals surface area contributed by atoms with E-state index in [0.717, 1.165) is 22.4 Å². The molecule has 2 aromatic carbocycles. The fraction of sp³-hybridized carbons (Fsp3) is 0.296. The van der Waals surface area contributed by atoms with Gasteiger partial charge in [0.2, 0.25) is 5.71 Å². The molecule has 148 valence electrons. The molecule has 2 heterocycles. The van der Waals surface area contributed by atoms with Gasteiger partial charge in [-0.1, -0.05) is 63.1 Å². The summed E-state index contributed by atoms with van der Waals surface area (Å²) in [5.41, 5.74) is 9.14. The highest BCUT2D eigenvalue weighted by atomic mass is 16.3. The van der Waals surface area contributed by atoms with Gasteiger partial charge < -0.3 is 4.42 Å². The van der Waals surface area contributed by atoms with Gasteiger partial charge in [0.05, 0.1) is 5.69 Å². The van der Waals surface area contributed by atoms with Crippen LogP contribution in [0.5, 0.6) is 0 Å². The van der Waals surface area contributed by atoms with Crippen LogP contribution in [0.2, 0.25) is 0 Å². The molecule has 2 aromatic heterocycles. The number of hydrogen-bond donors (Lipinski definition) is 0. The van der Waals surface area contributed by atoms with Crippen LogP contribution in [-0.4, -0.2) is 4.98 Å². The van der Waals surface area contributed by atoms with Crippen molar-refractivity contribution in [2.75, 3.05) is 0 Å². The average Bonchev–Trinajstić information content (AvgIpc) is 3.09. The van der Waals surface area contributed by atoms with Gasteiger partial charge in [-0.25, -0.2) is 4.98 Å². The van der Waals surface area contributed by atoms with Crippen LogP contribution < -0.4 is 0 Å². The third kappa shape index (κ3) is 3.72. The topological polar surface area (TPSA) is 26.0 Å². The lowest BCUT2D eigenvalue weighted by molar-refractivity contribution is 0.615. The van der Waals surface area contributed by atoms with Gasteiger partial charge in [-0.15, -0.1) is 0 Å². The second-order valence-electron chi connectivity index (χ2n) is 8.70. The highest BCUT2D eigenvalue weighted by Gasteiger charge is 2.19. The van der Waals surface area contributed by atoms with E-state index in [1.807, 2.05) is 0 Å². The zero-order valence-corrected chi connectivity index (χ0v) is 18.2. The number of rotatable bonds is 4. The molecular weight excluding hydrogens is 354 g/mol. The molecule has 0 bridgehead atoms. The van der Waals surface area contributed by atoms with Crippen LogP contribution in [0.4, 0.5) is 0 Å². The van der Waals surface area contributed by atoms with E-state index >= 15 is 0 Å². The minimum absolute atomic E-state index is 0.427. The summed E-state index contributed by atoms with van der Waals surface area (Å²) in [7, 11) is 0. The number of benzene rings is 2. The predicted octanol–water partition coefficient (Wildman–Crippen LogP) is 8.03. The van der Waals surface area contributed by atoms with Gasteiger partial charge in [0.1, 0.15) is 5.76 Å². The maximum Gasteiger partial charge on any atom is 0.227 e. The van der Waals surface area contributed by atoms with Crippen molar-refractivity contribution in [3.05, 3.63) is 76.9 Å². The molecule has 2 nitrogen and oxygen atoms in total. The van der Waals surface area contributed by atoms with Crippen molar-refractivity contribution in [1.29, 1.82) is 0 Å². The first-order valence-corrected chi connectivity index (χ1v) is 10.5. The summed E-state index contributed by atoms with van der Waals surface area (Å²) in [6.07, 6.45) is 0. The number of hydrogen-bond acceptors (Lipinski definition) is 2. The van der Waals surface area contributed by atoms with E-state index in [9.17, 15) is 0 Å². The molecule has 2 heteroatoms. The summed E-state index contributed by atoms with van der Waals surface area (Å²) in [6.45, 7) is 13.2. The van der Waals surface area contributed by atoms with E-state index in [1.54, 1.807) is 0 Å². The van der Waals surface area contributed by atoms with Crippen molar-refractivity contribution in [2.45, 2.75) is 53.4 Å². The smallest absolute Gasteiger partial charge is 0.227 e. The van der Waals surface area contributed by atoms with E-state index in [1.165, 1.54) is 27.8 Å². The quantitative estimate of drug-likeness (QED) is 0.356. The monoisotopic (exact) mass is 383 g/mol. The highest BCUT2D eigenvalue weighted by Crippen LogP contribution is 2.38. The molecule has 0 aliphatic rings. The van der Waals surface area contributed by atoms with Crippen LogP contribution in [0.1, 0.15) is 61.8 Å². The van der Waals surface area contributed by atoms with Gasteiger partial charge >= 0.3 is 0 Å². The van der Waals surface area contributed by atoms with Crippen molar-refractivity contribution in [3.63, 3.8) is 0 Å². The van der Waals surface area contributed by atoms with Crippen LogP contribution in [0, 0.1) is 13.8 Å². The molecule has 0 spiro atoms. The molecule has 0 saturated heterocycles. The Morgan fingerprint density at radius 2 is 1.38 bits per heavy atom. The molecule has 0 atom stereocenters. The van der Waals surface area contributed by atoms with Crippen molar-refractivity contribution in [2.24, 2.45) is 0 Å². The third-order valence-corrected chi connectivity index (χ3v) is 5.52. The number of fused-ring (bicyclic) bond motifs is 1. The molecule has 4 rings (SSSR count). The van der Waals surface area contributed by atoms with Gasteiger partial charge in [0, 0.05) is 16.5 Å². The SMILES string of the molecule is Cc1cc(C)cc(-c2ccc3cc(-c4c(C(C)C)cccc4C(C)C)oc3n2)c1. The van der Waals surface area contributed by atoms with Crippen LogP contribution in [0.3, 0.4) is 0 Å². The number of aromatic nitrogens is 1. The van der Waals surface area contributed by atoms with E-state index in [-0.39, 0.29) is 0 Å². The van der Waals surface area contributed by atoms with Gasteiger partial charge in [-0.2, -0.15) is 0 Å². The molecule has 0 fully saturated rings. The van der Waals surface area contributed by atoms with Crippen LogP contribution in [-0.2, 0) is 0 Å². The molecule has 4 aromatic rings. The molecule has 0 radical (unpaired) electrons. The fourth-order valence-electron chi connectivity index (χ4n) is 4.16. The Hall–Kier alpha value is -2.87. The summed E-state index contributed by atoms with van der Waals surface area (Å²) < 4.78 is 6.35. The number of pyridine rings is 1. The molecule has 0 amide bonds. The maximum absolute atomic E-state index is 6.35. The van der Waals surface area contributed by atoms with Crippen LogP contribution in [0.25, 0.3) is 33.7 Å². The number of aryl methyl sites for hydroxylation is 2. The summed E-state index contributed by atoms with van der Waals surface area (Å²) >= 11 is 0. The van der Waals surface area contributed by atoms with Crippen molar-refractivity contribution in [1.82, 2.24) is 4.98 Å². The molecule has 0 unspecified atom stereocenters. The zero-order valence-electron chi connectivity index (χ0n) is 18.2. The molecule has 0 N–H and O–H groups in total. The van der Waals surface area contributed by atoms with Crippen molar-refractivity contribution in [3.8, 4) is 22.6 Å². The largest absolute Gasteiger partial charge is 0.438 e. The summed E-state index contributed by atoms with van der Waals surface area (Å²) in [5, 5.41) is 1.04.